The first-order valence-electron chi connectivity index (χ1n) is 19.6. The lowest BCUT2D eigenvalue weighted by molar-refractivity contribution is -0.0473. The molecule has 0 spiro atoms. The zero-order chi connectivity index (χ0) is 34.1. The number of hydrogen-bond acceptors (Lipinski definition) is 0. The van der Waals surface area contributed by atoms with E-state index >= 15 is 0 Å². The van der Waals surface area contributed by atoms with Crippen LogP contribution >= 0.6 is 0 Å². The van der Waals surface area contributed by atoms with Crippen LogP contribution in [0.5, 0.6) is 0 Å². The van der Waals surface area contributed by atoms with Gasteiger partial charge in [0.2, 0.25) is 0 Å². The fourth-order valence-corrected chi connectivity index (χ4v) is 8.12. The van der Waals surface area contributed by atoms with E-state index in [0.717, 1.165) is 23.7 Å². The summed E-state index contributed by atoms with van der Waals surface area (Å²) >= 11 is 0. The molecule has 43 heavy (non-hydrogen) atoms. The van der Waals surface area contributed by atoms with Crippen molar-refractivity contribution in [3.63, 3.8) is 0 Å². The topological polar surface area (TPSA) is 0 Å². The molecule has 0 aromatic rings. The molecule has 3 fully saturated rings. The standard InChI is InChI=1S/C21H32.C10H22.C4H8.4C2H6/c1-14-9-11-21(4)16(13-14)6-7-17-18-8-5-15(2)20(18,3)12-10-19(17)21;1-3-5-7-9-10-8-6-4-2;1-4(2)3;4*1-2/h13,15,17-19H,1,5-12H2,2-4H3;3-10H2,1-2H3;1H2,2-3H3;4*1-2H3. The van der Waals surface area contributed by atoms with Crippen molar-refractivity contribution >= 4 is 0 Å². The number of rotatable bonds is 7. The minimum atomic E-state index is 0.511. The molecule has 0 nitrogen and oxygen atoms in total. The average molecular weight is 603 g/mol. The van der Waals surface area contributed by atoms with Gasteiger partial charge in [-0.25, -0.2) is 0 Å². The fraction of sp³-hybridized carbons (Fsp3) is 0.860. The molecule has 0 amide bonds. The molecule has 0 bridgehead atoms. The van der Waals surface area contributed by atoms with Crippen LogP contribution < -0.4 is 0 Å². The summed E-state index contributed by atoms with van der Waals surface area (Å²) in [5.41, 5.74) is 5.49. The van der Waals surface area contributed by atoms with Crippen LogP contribution in [0.4, 0.5) is 0 Å². The highest BCUT2D eigenvalue weighted by molar-refractivity contribution is 5.33. The molecule has 0 radical (unpaired) electrons. The van der Waals surface area contributed by atoms with Crippen molar-refractivity contribution < 1.29 is 0 Å². The maximum atomic E-state index is 4.24. The zero-order valence-electron chi connectivity index (χ0n) is 33.1. The van der Waals surface area contributed by atoms with Gasteiger partial charge in [0.15, 0.2) is 0 Å². The summed E-state index contributed by atoms with van der Waals surface area (Å²) in [6, 6.07) is 0. The maximum absolute atomic E-state index is 4.24. The third kappa shape index (κ3) is 15.4. The number of allylic oxidation sites excluding steroid dienone is 4. The van der Waals surface area contributed by atoms with Gasteiger partial charge in [-0.1, -0.05) is 171 Å². The van der Waals surface area contributed by atoms with Crippen LogP contribution in [0.2, 0.25) is 0 Å². The first-order chi connectivity index (χ1) is 20.6. The predicted octanol–water partition coefficient (Wildman–Crippen LogP) is 16.0. The van der Waals surface area contributed by atoms with Crippen LogP contribution in [0.15, 0.2) is 36.0 Å². The first-order valence-corrected chi connectivity index (χ1v) is 19.6. The van der Waals surface area contributed by atoms with E-state index in [9.17, 15) is 0 Å². The normalized spacial score (nSPS) is 29.3. The van der Waals surface area contributed by atoms with Gasteiger partial charge < -0.3 is 0 Å². The number of hydrogen-bond donors (Lipinski definition) is 0. The molecule has 0 heterocycles. The Bertz CT molecular complexity index is 683. The molecule has 0 heteroatoms. The van der Waals surface area contributed by atoms with Gasteiger partial charge in [-0.3, -0.25) is 0 Å². The van der Waals surface area contributed by atoms with Gasteiger partial charge in [0.1, 0.15) is 0 Å². The lowest BCUT2D eigenvalue weighted by Gasteiger charge is -2.58. The molecule has 4 rings (SSSR count). The van der Waals surface area contributed by atoms with Gasteiger partial charge in [-0.15, -0.1) is 6.58 Å². The van der Waals surface area contributed by atoms with Gasteiger partial charge in [0.25, 0.3) is 0 Å². The molecular formula is C43H86. The molecule has 0 saturated heterocycles. The van der Waals surface area contributed by atoms with E-state index in [1.54, 1.807) is 5.57 Å². The SMILES string of the molecule is C=C(C)C.C=C1C=C2CCC3C(CCC4(C)C(C)CCC34)C2(C)CC1.CC.CC.CC.CC.CCCCCCCCCC. The summed E-state index contributed by atoms with van der Waals surface area (Å²) in [6.45, 7) is 40.0. The second-order valence-electron chi connectivity index (χ2n) is 13.5. The smallest absolute Gasteiger partial charge is 0.00790 e. The summed E-state index contributed by atoms with van der Waals surface area (Å²) in [7, 11) is 0. The Hall–Kier alpha value is -0.780. The Morgan fingerprint density at radius 1 is 0.698 bits per heavy atom. The molecule has 258 valence electrons. The third-order valence-corrected chi connectivity index (χ3v) is 10.5. The van der Waals surface area contributed by atoms with Crippen molar-refractivity contribution in [1.29, 1.82) is 0 Å². The first kappa shape index (κ1) is 46.6. The van der Waals surface area contributed by atoms with Crippen molar-refractivity contribution in [2.45, 2.75) is 207 Å². The van der Waals surface area contributed by atoms with Crippen molar-refractivity contribution in [3.8, 4) is 0 Å². The summed E-state index contributed by atoms with van der Waals surface area (Å²) in [5, 5.41) is 0. The van der Waals surface area contributed by atoms with E-state index < -0.39 is 0 Å². The Balaban J connectivity index is -0.000000615. The minimum Gasteiger partial charge on any atom is -0.100 e. The van der Waals surface area contributed by atoms with Gasteiger partial charge in [0, 0.05) is 0 Å². The average Bonchev–Trinajstić information content (AvgIpc) is 3.33. The number of fused-ring (bicyclic) bond motifs is 5. The Labute approximate surface area is 276 Å². The Morgan fingerprint density at radius 2 is 1.16 bits per heavy atom. The highest BCUT2D eigenvalue weighted by Crippen LogP contribution is 2.66. The van der Waals surface area contributed by atoms with Gasteiger partial charge >= 0.3 is 0 Å². The van der Waals surface area contributed by atoms with Gasteiger partial charge in [0.05, 0.1) is 0 Å². The Morgan fingerprint density at radius 3 is 1.63 bits per heavy atom. The molecule has 0 N–H and O–H groups in total. The lowest BCUT2D eigenvalue weighted by atomic mass is 9.47. The van der Waals surface area contributed by atoms with E-state index in [1.165, 1.54) is 114 Å². The van der Waals surface area contributed by atoms with Gasteiger partial charge in [-0.2, -0.15) is 0 Å². The summed E-state index contributed by atoms with van der Waals surface area (Å²) in [5.74, 6) is 3.96. The van der Waals surface area contributed by atoms with Crippen LogP contribution in [-0.4, -0.2) is 0 Å². The maximum Gasteiger partial charge on any atom is -0.00790 e. The van der Waals surface area contributed by atoms with Crippen molar-refractivity contribution in [2.75, 3.05) is 0 Å². The molecule has 6 unspecified atom stereocenters. The molecule has 0 aromatic heterocycles. The minimum absolute atomic E-state index is 0.511. The molecular weight excluding hydrogens is 516 g/mol. The zero-order valence-corrected chi connectivity index (χ0v) is 33.1. The highest BCUT2D eigenvalue weighted by atomic mass is 14.6. The molecule has 4 aliphatic rings. The van der Waals surface area contributed by atoms with Crippen molar-refractivity contribution in [2.24, 2.45) is 34.5 Å². The van der Waals surface area contributed by atoms with Crippen LogP contribution in [-0.2, 0) is 0 Å². The van der Waals surface area contributed by atoms with E-state index in [-0.39, 0.29) is 0 Å². The number of unbranched alkanes of at least 4 members (excludes halogenated alkanes) is 7. The van der Waals surface area contributed by atoms with Crippen molar-refractivity contribution in [3.05, 3.63) is 36.0 Å². The second kappa shape index (κ2) is 27.5. The monoisotopic (exact) mass is 603 g/mol. The predicted molar refractivity (Wildman–Crippen MR) is 204 cm³/mol. The molecule has 3 saturated carbocycles. The molecule has 0 aliphatic heterocycles. The fourth-order valence-electron chi connectivity index (χ4n) is 8.12. The van der Waals surface area contributed by atoms with Crippen LogP contribution in [0.1, 0.15) is 207 Å². The summed E-state index contributed by atoms with van der Waals surface area (Å²) < 4.78 is 0. The lowest BCUT2D eigenvalue weighted by Crippen LogP contribution is -2.49. The van der Waals surface area contributed by atoms with Crippen LogP contribution in [0.25, 0.3) is 0 Å². The Kier molecular flexibility index (Phi) is 29.9. The summed E-state index contributed by atoms with van der Waals surface area (Å²) in [6.07, 6.45) is 25.4. The van der Waals surface area contributed by atoms with E-state index in [4.69, 9.17) is 0 Å². The van der Waals surface area contributed by atoms with Crippen LogP contribution in [0.3, 0.4) is 0 Å². The third-order valence-electron chi connectivity index (χ3n) is 10.5. The molecule has 0 aromatic carbocycles. The van der Waals surface area contributed by atoms with E-state index in [1.807, 2.05) is 69.2 Å². The molecule has 4 aliphatic carbocycles. The van der Waals surface area contributed by atoms with E-state index in [2.05, 4.69) is 53.9 Å². The van der Waals surface area contributed by atoms with Crippen molar-refractivity contribution in [1.82, 2.24) is 0 Å². The largest absolute Gasteiger partial charge is 0.100 e. The summed E-state index contributed by atoms with van der Waals surface area (Å²) in [4.78, 5) is 0. The van der Waals surface area contributed by atoms with E-state index in [0.29, 0.717) is 10.8 Å². The second-order valence-corrected chi connectivity index (χ2v) is 13.5. The quantitative estimate of drug-likeness (QED) is 0.201. The highest BCUT2D eigenvalue weighted by Gasteiger charge is 2.57. The van der Waals surface area contributed by atoms with Gasteiger partial charge in [-0.05, 0) is 99.7 Å². The molecule has 6 atom stereocenters. The van der Waals surface area contributed by atoms with Crippen LogP contribution in [0, 0.1) is 34.5 Å².